The van der Waals surface area contributed by atoms with E-state index in [9.17, 15) is 14.7 Å². The summed E-state index contributed by atoms with van der Waals surface area (Å²) < 4.78 is 16.3. The van der Waals surface area contributed by atoms with Crippen LogP contribution in [0.1, 0.15) is 43.2 Å². The highest BCUT2D eigenvalue weighted by Crippen LogP contribution is 2.38. The molecule has 1 aliphatic heterocycles. The van der Waals surface area contributed by atoms with Crippen LogP contribution in [0.2, 0.25) is 0 Å². The summed E-state index contributed by atoms with van der Waals surface area (Å²) in [4.78, 5) is 21.6. The van der Waals surface area contributed by atoms with E-state index in [4.69, 9.17) is 19.9 Å². The van der Waals surface area contributed by atoms with Crippen LogP contribution in [-0.2, 0) is 9.53 Å². The number of carbonyl (C=O) groups excluding carboxylic acids is 1. The number of hydrogen-bond donors (Lipinski definition) is 4. The highest BCUT2D eigenvalue weighted by atomic mass is 16.5. The molecule has 0 aromatic heterocycles. The van der Waals surface area contributed by atoms with Gasteiger partial charge in [-0.05, 0) is 24.1 Å². The predicted octanol–water partition coefficient (Wildman–Crippen LogP) is 2.97. The largest absolute Gasteiger partial charge is 0.497 e. The van der Waals surface area contributed by atoms with Crippen molar-refractivity contribution in [3.63, 3.8) is 0 Å². The fraction of sp³-hybridized carbons (Fsp3) is 0.391. The van der Waals surface area contributed by atoms with Crippen molar-refractivity contribution in [2.24, 2.45) is 5.73 Å². The third kappa shape index (κ3) is 6.86. The van der Waals surface area contributed by atoms with Gasteiger partial charge in [-0.25, -0.2) is 9.59 Å². The molecule has 174 valence electrons. The van der Waals surface area contributed by atoms with Crippen LogP contribution in [0.15, 0.2) is 48.5 Å². The second-order valence-corrected chi connectivity index (χ2v) is 7.08. The molecular formula is C23H31N3O6. The summed E-state index contributed by atoms with van der Waals surface area (Å²) in [5.41, 5.74) is 6.37. The topological polar surface area (TPSA) is 132 Å². The van der Waals surface area contributed by atoms with Gasteiger partial charge < -0.3 is 30.4 Å². The number of urea groups is 1. The number of aliphatic carboxylic acids is 1. The number of amides is 2. The molecule has 1 saturated heterocycles. The first-order valence-corrected chi connectivity index (χ1v) is 10.4. The van der Waals surface area contributed by atoms with Gasteiger partial charge in [0.15, 0.2) is 6.10 Å². The summed E-state index contributed by atoms with van der Waals surface area (Å²) in [6.45, 7) is 2.76. The zero-order valence-electron chi connectivity index (χ0n) is 18.5. The Bertz CT molecular complexity index is 877. The molecule has 3 rings (SSSR count). The minimum absolute atomic E-state index is 0.432. The van der Waals surface area contributed by atoms with Gasteiger partial charge in [0.1, 0.15) is 17.7 Å². The number of methoxy groups -OCH3 is 2. The maximum absolute atomic E-state index is 11.6. The molecule has 0 aliphatic carbocycles. The van der Waals surface area contributed by atoms with Gasteiger partial charge in [-0.3, -0.25) is 5.32 Å². The van der Waals surface area contributed by atoms with Crippen molar-refractivity contribution in [3.8, 4) is 11.5 Å². The maximum Gasteiger partial charge on any atom is 0.334 e. The average molecular weight is 446 g/mol. The lowest BCUT2D eigenvalue weighted by atomic mass is 10.0. The normalized spacial score (nSPS) is 19.4. The van der Waals surface area contributed by atoms with Crippen LogP contribution in [0.3, 0.4) is 0 Å². The molecule has 0 spiro atoms. The van der Waals surface area contributed by atoms with E-state index < -0.39 is 30.4 Å². The fourth-order valence-corrected chi connectivity index (χ4v) is 3.23. The molecule has 1 heterocycles. The summed E-state index contributed by atoms with van der Waals surface area (Å²) in [6, 6.07) is 13.9. The first-order chi connectivity index (χ1) is 15.4. The van der Waals surface area contributed by atoms with Crippen LogP contribution in [-0.4, -0.2) is 44.0 Å². The number of hydrogen-bond acceptors (Lipinski definition) is 6. The van der Waals surface area contributed by atoms with Crippen LogP contribution in [0.25, 0.3) is 0 Å². The van der Waals surface area contributed by atoms with Crippen molar-refractivity contribution in [3.05, 3.63) is 59.7 Å². The van der Waals surface area contributed by atoms with Gasteiger partial charge in [0.2, 0.25) is 0 Å². The van der Waals surface area contributed by atoms with Crippen molar-refractivity contribution in [1.29, 1.82) is 0 Å². The van der Waals surface area contributed by atoms with Gasteiger partial charge >= 0.3 is 12.0 Å². The molecule has 3 unspecified atom stereocenters. The number of primary amides is 1. The molecule has 9 nitrogen and oxygen atoms in total. The SMILES string of the molecule is CCCCNC(N)=O.COc1ccc(C2NC(c3ccccc3)C(C(=O)O)O2)c(OC)c1. The molecule has 2 amide bonds. The van der Waals surface area contributed by atoms with E-state index in [1.54, 1.807) is 26.4 Å². The Kier molecular flexibility index (Phi) is 9.77. The number of benzene rings is 2. The number of unbranched alkanes of at least 4 members (excludes halogenated alkanes) is 1. The number of ether oxygens (including phenoxy) is 3. The summed E-state index contributed by atoms with van der Waals surface area (Å²) in [5, 5.41) is 15.2. The molecule has 0 bridgehead atoms. The monoisotopic (exact) mass is 445 g/mol. The quantitative estimate of drug-likeness (QED) is 0.459. The molecule has 1 aliphatic rings. The van der Waals surface area contributed by atoms with E-state index in [1.807, 2.05) is 36.4 Å². The lowest BCUT2D eigenvalue weighted by Crippen LogP contribution is -2.29. The van der Waals surface area contributed by atoms with Gasteiger partial charge in [0.25, 0.3) is 0 Å². The minimum Gasteiger partial charge on any atom is -0.497 e. The van der Waals surface area contributed by atoms with Crippen LogP contribution in [0.5, 0.6) is 11.5 Å². The number of carbonyl (C=O) groups is 2. The highest BCUT2D eigenvalue weighted by molar-refractivity contribution is 5.74. The Balaban J connectivity index is 0.000000390. The van der Waals surface area contributed by atoms with Gasteiger partial charge in [-0.2, -0.15) is 0 Å². The smallest absolute Gasteiger partial charge is 0.334 e. The zero-order chi connectivity index (χ0) is 23.5. The Labute approximate surface area is 187 Å². The van der Waals surface area contributed by atoms with Crippen LogP contribution >= 0.6 is 0 Å². The lowest BCUT2D eigenvalue weighted by Gasteiger charge is -2.16. The lowest BCUT2D eigenvalue weighted by molar-refractivity contribution is -0.150. The number of rotatable bonds is 8. The van der Waals surface area contributed by atoms with Gasteiger partial charge in [0.05, 0.1) is 20.3 Å². The average Bonchev–Trinajstić information content (AvgIpc) is 3.25. The highest BCUT2D eigenvalue weighted by Gasteiger charge is 2.41. The molecule has 9 heteroatoms. The molecule has 0 saturated carbocycles. The number of nitrogens with two attached hydrogens (primary N) is 1. The van der Waals surface area contributed by atoms with Crippen molar-refractivity contribution in [2.75, 3.05) is 20.8 Å². The van der Waals surface area contributed by atoms with Gasteiger partial charge in [0, 0.05) is 18.2 Å². The second-order valence-electron chi connectivity index (χ2n) is 7.08. The standard InChI is InChI=1S/C18H19NO5.C5H12N2O/c1-22-12-8-9-13(14(10-12)23-2)17-19-15(16(24-17)18(20)21)11-6-4-3-5-7-11;1-2-3-4-7-5(6)8/h3-10,15-17,19H,1-2H3,(H,20,21);2-4H2,1H3,(H3,6,7,8). The van der Waals surface area contributed by atoms with Crippen molar-refractivity contribution in [2.45, 2.75) is 38.1 Å². The second kappa shape index (κ2) is 12.5. The molecule has 32 heavy (non-hydrogen) atoms. The first-order valence-electron chi connectivity index (χ1n) is 10.4. The van der Waals surface area contributed by atoms with E-state index in [0.717, 1.165) is 24.0 Å². The van der Waals surface area contributed by atoms with Crippen LogP contribution < -0.4 is 25.8 Å². The predicted molar refractivity (Wildman–Crippen MR) is 120 cm³/mol. The molecular weight excluding hydrogens is 414 g/mol. The number of carboxylic acid groups (broad SMARTS) is 1. The van der Waals surface area contributed by atoms with Crippen LogP contribution in [0.4, 0.5) is 4.79 Å². The van der Waals surface area contributed by atoms with E-state index >= 15 is 0 Å². The number of carboxylic acids is 1. The summed E-state index contributed by atoms with van der Waals surface area (Å²) in [5.74, 6) is 0.221. The summed E-state index contributed by atoms with van der Waals surface area (Å²) >= 11 is 0. The molecule has 2 aromatic rings. The third-order valence-corrected chi connectivity index (χ3v) is 4.87. The van der Waals surface area contributed by atoms with Crippen LogP contribution in [0, 0.1) is 0 Å². The summed E-state index contributed by atoms with van der Waals surface area (Å²) in [6.07, 6.45) is 0.518. The molecule has 5 N–H and O–H groups in total. The molecule has 1 fully saturated rings. The molecule has 2 aromatic carbocycles. The van der Waals surface area contributed by atoms with Gasteiger partial charge in [-0.15, -0.1) is 0 Å². The Hall–Kier alpha value is -3.30. The van der Waals surface area contributed by atoms with Crippen molar-refractivity contribution < 1.29 is 28.9 Å². The Morgan fingerprint density at radius 3 is 2.44 bits per heavy atom. The third-order valence-electron chi connectivity index (χ3n) is 4.87. The fourth-order valence-electron chi connectivity index (χ4n) is 3.23. The first kappa shape index (κ1) is 25.0. The minimum atomic E-state index is -1.01. The van der Waals surface area contributed by atoms with E-state index in [2.05, 4.69) is 17.6 Å². The summed E-state index contributed by atoms with van der Waals surface area (Å²) in [7, 11) is 3.13. The molecule has 3 atom stereocenters. The van der Waals surface area contributed by atoms with Crippen molar-refractivity contribution >= 4 is 12.0 Å². The Morgan fingerprint density at radius 1 is 1.16 bits per heavy atom. The van der Waals surface area contributed by atoms with E-state index in [-0.39, 0.29) is 0 Å². The zero-order valence-corrected chi connectivity index (χ0v) is 18.5. The van der Waals surface area contributed by atoms with Crippen molar-refractivity contribution in [1.82, 2.24) is 10.6 Å². The van der Waals surface area contributed by atoms with E-state index in [1.165, 1.54) is 0 Å². The van der Waals surface area contributed by atoms with Gasteiger partial charge in [-0.1, -0.05) is 43.7 Å². The molecule has 0 radical (unpaired) electrons. The van der Waals surface area contributed by atoms with E-state index in [0.29, 0.717) is 18.0 Å². The Morgan fingerprint density at radius 2 is 1.88 bits per heavy atom. The number of nitrogens with one attached hydrogen (secondary N) is 2. The maximum atomic E-state index is 11.6.